The molecule has 122 valence electrons. The van der Waals surface area contributed by atoms with Gasteiger partial charge in [0.15, 0.2) is 5.78 Å². The molecule has 0 saturated heterocycles. The molecule has 0 aliphatic rings. The van der Waals surface area contributed by atoms with Gasteiger partial charge in [-0.25, -0.2) is 9.37 Å². The topological polar surface area (TPSA) is 58.6 Å². The van der Waals surface area contributed by atoms with Crippen molar-refractivity contribution in [1.29, 1.82) is 0 Å². The molecule has 0 aliphatic carbocycles. The Hall–Kier alpha value is -2.82. The van der Waals surface area contributed by atoms with E-state index in [1.807, 2.05) is 19.1 Å². The summed E-state index contributed by atoms with van der Waals surface area (Å²) in [5.41, 5.74) is 2.67. The van der Waals surface area contributed by atoms with Gasteiger partial charge in [-0.2, -0.15) is 0 Å². The molecule has 0 fully saturated rings. The molecule has 0 unspecified atom stereocenters. The lowest BCUT2D eigenvalue weighted by atomic mass is 10.1. The smallest absolute Gasteiger partial charge is 0.181 e. The van der Waals surface area contributed by atoms with Gasteiger partial charge in [0.2, 0.25) is 0 Å². The van der Waals surface area contributed by atoms with E-state index < -0.39 is 0 Å². The number of hydrogen-bond donors (Lipinski definition) is 1. The Morgan fingerprint density at radius 3 is 2.46 bits per heavy atom. The van der Waals surface area contributed by atoms with Crippen LogP contribution in [0.1, 0.15) is 36.7 Å². The van der Waals surface area contributed by atoms with Gasteiger partial charge in [-0.15, -0.1) is 0 Å². The molecule has 0 atom stereocenters. The predicted octanol–water partition coefficient (Wildman–Crippen LogP) is 4.65. The number of hydrogen-bond acceptors (Lipinski definition) is 3. The summed E-state index contributed by atoms with van der Waals surface area (Å²) in [6.45, 7) is 2.05. The van der Waals surface area contributed by atoms with Crippen molar-refractivity contribution in [3.05, 3.63) is 60.3 Å². The lowest BCUT2D eigenvalue weighted by Gasteiger charge is -2.01. The van der Waals surface area contributed by atoms with E-state index in [1.54, 1.807) is 24.5 Å². The first kappa shape index (κ1) is 16.1. The lowest BCUT2D eigenvalue weighted by Crippen LogP contribution is -2.01. The molecule has 0 saturated carbocycles. The van der Waals surface area contributed by atoms with Gasteiger partial charge in [0.25, 0.3) is 0 Å². The van der Waals surface area contributed by atoms with Crippen LogP contribution in [0.3, 0.4) is 0 Å². The highest BCUT2D eigenvalue weighted by atomic mass is 19.1. The van der Waals surface area contributed by atoms with E-state index in [0.29, 0.717) is 23.6 Å². The van der Waals surface area contributed by atoms with E-state index in [-0.39, 0.29) is 11.6 Å². The molecule has 1 N–H and O–H groups in total. The molecule has 0 spiro atoms. The molecule has 3 rings (SSSR count). The number of carbonyl (C=O) groups excluding carboxylic acids is 1. The number of nitrogens with zero attached hydrogens (tertiary/aromatic N) is 2. The molecule has 5 heteroatoms. The third-order valence-electron chi connectivity index (χ3n) is 3.81. The number of unbranched alkanes of at least 4 members (excludes halogenated alkanes) is 1. The zero-order valence-corrected chi connectivity index (χ0v) is 13.4. The fourth-order valence-corrected chi connectivity index (χ4v) is 2.50. The number of ketones is 1. The van der Waals surface area contributed by atoms with Gasteiger partial charge < -0.3 is 4.98 Å². The second kappa shape index (κ2) is 7.17. The second-order valence-corrected chi connectivity index (χ2v) is 5.58. The van der Waals surface area contributed by atoms with Crippen LogP contribution in [-0.4, -0.2) is 20.7 Å². The quantitative estimate of drug-likeness (QED) is 0.672. The predicted molar refractivity (Wildman–Crippen MR) is 91.1 cm³/mol. The average molecular weight is 323 g/mol. The number of pyridine rings is 1. The van der Waals surface area contributed by atoms with Crippen molar-refractivity contribution in [3.63, 3.8) is 0 Å². The van der Waals surface area contributed by atoms with E-state index in [2.05, 4.69) is 15.0 Å². The Kier molecular flexibility index (Phi) is 4.79. The van der Waals surface area contributed by atoms with Gasteiger partial charge in [0.1, 0.15) is 17.3 Å². The Morgan fingerprint density at radius 1 is 1.08 bits per heavy atom. The molecule has 24 heavy (non-hydrogen) atoms. The second-order valence-electron chi connectivity index (χ2n) is 5.58. The number of aromatic nitrogens is 3. The fraction of sp³-hybridized carbons (Fsp3) is 0.211. The van der Waals surface area contributed by atoms with Crippen molar-refractivity contribution in [2.24, 2.45) is 0 Å². The van der Waals surface area contributed by atoms with Crippen LogP contribution < -0.4 is 0 Å². The van der Waals surface area contributed by atoms with Crippen LogP contribution in [0.25, 0.3) is 22.6 Å². The van der Waals surface area contributed by atoms with Gasteiger partial charge in [0, 0.05) is 29.9 Å². The Labute approximate surface area is 139 Å². The van der Waals surface area contributed by atoms with E-state index in [9.17, 15) is 9.18 Å². The van der Waals surface area contributed by atoms with Crippen molar-refractivity contribution >= 4 is 5.78 Å². The van der Waals surface area contributed by atoms with Crippen molar-refractivity contribution in [1.82, 2.24) is 15.0 Å². The number of nitrogens with one attached hydrogen (secondary N) is 1. The number of H-pyrrole nitrogens is 1. The summed E-state index contributed by atoms with van der Waals surface area (Å²) in [6, 6.07) is 9.68. The maximum atomic E-state index is 13.1. The molecular formula is C19H18FN3O. The number of rotatable bonds is 6. The number of aromatic amines is 1. The summed E-state index contributed by atoms with van der Waals surface area (Å²) in [7, 11) is 0. The highest BCUT2D eigenvalue weighted by Crippen LogP contribution is 2.27. The maximum Gasteiger partial charge on any atom is 0.181 e. The minimum atomic E-state index is -0.307. The number of halogens is 1. The standard InChI is InChI=1S/C19H18FN3O/c1-2-3-4-16(24)18-17(13-9-11-21-12-10-13)22-19(23-18)14-5-7-15(20)8-6-14/h5-12H,2-4H2,1H3,(H,22,23). The van der Waals surface area contributed by atoms with Crippen LogP contribution in [0.2, 0.25) is 0 Å². The first-order chi connectivity index (χ1) is 11.7. The van der Waals surface area contributed by atoms with Crippen LogP contribution in [-0.2, 0) is 0 Å². The lowest BCUT2D eigenvalue weighted by molar-refractivity contribution is 0.0976. The molecule has 0 aliphatic heterocycles. The molecule has 2 heterocycles. The minimum Gasteiger partial charge on any atom is -0.335 e. The zero-order valence-electron chi connectivity index (χ0n) is 13.4. The largest absolute Gasteiger partial charge is 0.335 e. The summed E-state index contributed by atoms with van der Waals surface area (Å²) < 4.78 is 13.1. The highest BCUT2D eigenvalue weighted by molar-refractivity contribution is 6.00. The van der Waals surface area contributed by atoms with Crippen molar-refractivity contribution in [2.45, 2.75) is 26.2 Å². The Bertz CT molecular complexity index is 826. The van der Waals surface area contributed by atoms with Gasteiger partial charge in [-0.05, 0) is 42.8 Å². The van der Waals surface area contributed by atoms with E-state index in [0.717, 1.165) is 24.0 Å². The number of carbonyl (C=O) groups is 1. The third kappa shape index (κ3) is 3.40. The summed E-state index contributed by atoms with van der Waals surface area (Å²) >= 11 is 0. The summed E-state index contributed by atoms with van der Waals surface area (Å²) in [5.74, 6) is 0.282. The van der Waals surface area contributed by atoms with E-state index in [4.69, 9.17) is 0 Å². The first-order valence-corrected chi connectivity index (χ1v) is 7.98. The highest BCUT2D eigenvalue weighted by Gasteiger charge is 2.19. The Morgan fingerprint density at radius 2 is 1.79 bits per heavy atom. The SMILES string of the molecule is CCCCC(=O)c1[nH]c(-c2ccc(F)cc2)nc1-c1ccncc1. The van der Waals surface area contributed by atoms with E-state index in [1.165, 1.54) is 12.1 Å². The number of benzene rings is 1. The first-order valence-electron chi connectivity index (χ1n) is 7.98. The number of Topliss-reactive ketones (excluding diaryl/α,β-unsaturated/α-hetero) is 1. The fourth-order valence-electron chi connectivity index (χ4n) is 2.50. The van der Waals surface area contributed by atoms with Gasteiger partial charge in [-0.1, -0.05) is 13.3 Å². The molecule has 0 bridgehead atoms. The van der Waals surface area contributed by atoms with Crippen LogP contribution in [0.4, 0.5) is 4.39 Å². The summed E-state index contributed by atoms with van der Waals surface area (Å²) in [4.78, 5) is 24.3. The molecule has 3 aromatic rings. The molecular weight excluding hydrogens is 305 g/mol. The molecule has 0 radical (unpaired) electrons. The van der Waals surface area contributed by atoms with E-state index >= 15 is 0 Å². The van der Waals surface area contributed by atoms with Gasteiger partial charge in [0.05, 0.1) is 5.69 Å². The normalized spacial score (nSPS) is 10.8. The molecule has 0 amide bonds. The van der Waals surface area contributed by atoms with Gasteiger partial charge >= 0.3 is 0 Å². The van der Waals surface area contributed by atoms with Crippen LogP contribution in [0.5, 0.6) is 0 Å². The minimum absolute atomic E-state index is 0.0320. The van der Waals surface area contributed by atoms with Crippen LogP contribution >= 0.6 is 0 Å². The molecule has 4 nitrogen and oxygen atoms in total. The van der Waals surface area contributed by atoms with Crippen molar-refractivity contribution < 1.29 is 9.18 Å². The van der Waals surface area contributed by atoms with Crippen LogP contribution in [0, 0.1) is 5.82 Å². The van der Waals surface area contributed by atoms with Crippen molar-refractivity contribution in [2.75, 3.05) is 0 Å². The van der Waals surface area contributed by atoms with Crippen LogP contribution in [0.15, 0.2) is 48.8 Å². The monoisotopic (exact) mass is 323 g/mol. The molecule has 2 aromatic heterocycles. The Balaban J connectivity index is 2.05. The van der Waals surface area contributed by atoms with Gasteiger partial charge in [-0.3, -0.25) is 9.78 Å². The third-order valence-corrected chi connectivity index (χ3v) is 3.81. The van der Waals surface area contributed by atoms with Crippen molar-refractivity contribution in [3.8, 4) is 22.6 Å². The average Bonchev–Trinajstić information content (AvgIpc) is 3.06. The summed E-state index contributed by atoms with van der Waals surface area (Å²) in [5, 5.41) is 0. The number of imidazole rings is 1. The summed E-state index contributed by atoms with van der Waals surface area (Å²) in [6.07, 6.45) is 5.60. The zero-order chi connectivity index (χ0) is 16.9. The molecule has 1 aromatic carbocycles. The maximum absolute atomic E-state index is 13.1.